The lowest BCUT2D eigenvalue weighted by atomic mass is 10.0. The Morgan fingerprint density at radius 1 is 1.11 bits per heavy atom. The van der Waals surface area contributed by atoms with E-state index >= 15 is 0 Å². The van der Waals surface area contributed by atoms with Crippen molar-refractivity contribution in [2.24, 2.45) is 5.11 Å². The summed E-state index contributed by atoms with van der Waals surface area (Å²) in [7, 11) is 1.61. The van der Waals surface area contributed by atoms with E-state index in [2.05, 4.69) is 10.0 Å². The van der Waals surface area contributed by atoms with Crippen LogP contribution in [0.3, 0.4) is 0 Å². The Morgan fingerprint density at radius 2 is 1.78 bits per heavy atom. The minimum Gasteiger partial charge on any atom is -0.507 e. The van der Waals surface area contributed by atoms with Crippen molar-refractivity contribution in [3.63, 3.8) is 0 Å². The molecule has 5 nitrogen and oxygen atoms in total. The van der Waals surface area contributed by atoms with Gasteiger partial charge >= 0.3 is 0 Å². The lowest BCUT2D eigenvalue weighted by Crippen LogP contribution is -1.82. The predicted octanol–water partition coefficient (Wildman–Crippen LogP) is 4.01. The SMILES string of the molecule is COc1ccc(-c2ccc(O)c(N=[N+]=[N-])c2)cc1. The van der Waals surface area contributed by atoms with Crippen LogP contribution in [0.4, 0.5) is 5.69 Å². The van der Waals surface area contributed by atoms with Gasteiger partial charge in [0, 0.05) is 4.91 Å². The molecule has 0 radical (unpaired) electrons. The molecular formula is C13H11N3O2. The third kappa shape index (κ3) is 2.36. The number of benzene rings is 2. The van der Waals surface area contributed by atoms with Gasteiger partial charge < -0.3 is 9.84 Å². The molecule has 2 aromatic rings. The second-order valence-corrected chi connectivity index (χ2v) is 3.62. The summed E-state index contributed by atoms with van der Waals surface area (Å²) in [6.45, 7) is 0. The summed E-state index contributed by atoms with van der Waals surface area (Å²) in [4.78, 5) is 2.67. The van der Waals surface area contributed by atoms with Crippen molar-refractivity contribution in [1.82, 2.24) is 0 Å². The Morgan fingerprint density at radius 3 is 2.39 bits per heavy atom. The van der Waals surface area contributed by atoms with Gasteiger partial charge in [0.2, 0.25) is 0 Å². The molecule has 0 unspecified atom stereocenters. The molecule has 0 heterocycles. The predicted molar refractivity (Wildman–Crippen MR) is 68.9 cm³/mol. The molecule has 0 atom stereocenters. The molecule has 2 rings (SSSR count). The second-order valence-electron chi connectivity index (χ2n) is 3.62. The Labute approximate surface area is 104 Å². The molecule has 0 fully saturated rings. The minimum atomic E-state index is -0.0370. The van der Waals surface area contributed by atoms with Gasteiger partial charge in [0.25, 0.3) is 0 Å². The summed E-state index contributed by atoms with van der Waals surface area (Å²) >= 11 is 0. The van der Waals surface area contributed by atoms with Gasteiger partial charge in [0.05, 0.1) is 12.8 Å². The molecule has 0 aliphatic heterocycles. The number of hydrogen-bond donors (Lipinski definition) is 1. The maximum absolute atomic E-state index is 9.51. The molecule has 2 aromatic carbocycles. The standard InChI is InChI=1S/C13H11N3O2/c1-18-11-5-2-9(3-6-11)10-4-7-13(17)12(8-10)15-16-14/h2-8,17H,1H3. The first-order chi connectivity index (χ1) is 8.74. The van der Waals surface area contributed by atoms with Gasteiger partial charge in [0.1, 0.15) is 11.5 Å². The maximum Gasteiger partial charge on any atom is 0.125 e. The lowest BCUT2D eigenvalue weighted by Gasteiger charge is -2.05. The summed E-state index contributed by atoms with van der Waals surface area (Å²) in [6.07, 6.45) is 0. The van der Waals surface area contributed by atoms with E-state index in [0.29, 0.717) is 0 Å². The van der Waals surface area contributed by atoms with Gasteiger partial charge in [-0.25, -0.2) is 0 Å². The van der Waals surface area contributed by atoms with Crippen molar-refractivity contribution < 1.29 is 9.84 Å². The summed E-state index contributed by atoms with van der Waals surface area (Å²) < 4.78 is 5.08. The summed E-state index contributed by atoms with van der Waals surface area (Å²) in [5.74, 6) is 0.734. The highest BCUT2D eigenvalue weighted by atomic mass is 16.5. The van der Waals surface area contributed by atoms with Crippen molar-refractivity contribution in [3.05, 3.63) is 52.9 Å². The zero-order chi connectivity index (χ0) is 13.0. The topological polar surface area (TPSA) is 78.2 Å². The first-order valence-corrected chi connectivity index (χ1v) is 5.27. The molecular weight excluding hydrogens is 230 g/mol. The zero-order valence-corrected chi connectivity index (χ0v) is 9.74. The van der Waals surface area contributed by atoms with Crippen molar-refractivity contribution >= 4 is 5.69 Å². The van der Waals surface area contributed by atoms with Gasteiger partial charge in [-0.15, -0.1) is 0 Å². The van der Waals surface area contributed by atoms with E-state index in [1.165, 1.54) is 6.07 Å². The zero-order valence-electron chi connectivity index (χ0n) is 9.74. The highest BCUT2D eigenvalue weighted by Gasteiger charge is 2.03. The van der Waals surface area contributed by atoms with E-state index in [9.17, 15) is 5.11 Å². The number of azide groups is 1. The molecule has 90 valence electrons. The van der Waals surface area contributed by atoms with E-state index in [1.54, 1.807) is 19.2 Å². The van der Waals surface area contributed by atoms with Crippen LogP contribution in [0.25, 0.3) is 21.6 Å². The van der Waals surface area contributed by atoms with Crippen molar-refractivity contribution in [3.8, 4) is 22.6 Å². The molecule has 0 aliphatic rings. The maximum atomic E-state index is 9.51. The van der Waals surface area contributed by atoms with E-state index < -0.39 is 0 Å². The molecule has 0 saturated heterocycles. The fourth-order valence-electron chi connectivity index (χ4n) is 1.61. The fourth-order valence-corrected chi connectivity index (χ4v) is 1.61. The molecule has 1 N–H and O–H groups in total. The van der Waals surface area contributed by atoms with Crippen LogP contribution in [0.1, 0.15) is 0 Å². The van der Waals surface area contributed by atoms with Gasteiger partial charge in [-0.3, -0.25) is 0 Å². The normalized spacial score (nSPS) is 9.61. The third-order valence-electron chi connectivity index (χ3n) is 2.55. The first kappa shape index (κ1) is 11.8. The lowest BCUT2D eigenvalue weighted by molar-refractivity contribution is 0.415. The number of rotatable bonds is 3. The highest BCUT2D eigenvalue weighted by Crippen LogP contribution is 2.32. The van der Waals surface area contributed by atoms with E-state index in [-0.39, 0.29) is 11.4 Å². The van der Waals surface area contributed by atoms with Crippen LogP contribution in [0, 0.1) is 0 Å². The van der Waals surface area contributed by atoms with Gasteiger partial charge in [-0.05, 0) is 40.9 Å². The van der Waals surface area contributed by atoms with Crippen LogP contribution >= 0.6 is 0 Å². The summed E-state index contributed by atoms with van der Waals surface area (Å²) in [6, 6.07) is 12.4. The number of phenolic OH excluding ortho intramolecular Hbond substituents is 1. The van der Waals surface area contributed by atoms with E-state index in [1.807, 2.05) is 24.3 Å². The highest BCUT2D eigenvalue weighted by molar-refractivity contribution is 5.70. The van der Waals surface area contributed by atoms with Crippen LogP contribution in [0.2, 0.25) is 0 Å². The van der Waals surface area contributed by atoms with Crippen molar-refractivity contribution in [2.75, 3.05) is 7.11 Å². The number of ether oxygens (including phenoxy) is 1. The number of methoxy groups -OCH3 is 1. The van der Waals surface area contributed by atoms with Crippen LogP contribution in [-0.4, -0.2) is 12.2 Å². The average molecular weight is 241 g/mol. The summed E-state index contributed by atoms with van der Waals surface area (Å²) in [5.41, 5.74) is 10.4. The largest absolute Gasteiger partial charge is 0.507 e. The van der Waals surface area contributed by atoms with Gasteiger partial charge in [-0.2, -0.15) is 0 Å². The van der Waals surface area contributed by atoms with Crippen LogP contribution in [0.15, 0.2) is 47.6 Å². The fraction of sp³-hybridized carbons (Fsp3) is 0.0769. The smallest absolute Gasteiger partial charge is 0.125 e. The summed E-state index contributed by atoms with van der Waals surface area (Å²) in [5, 5.41) is 12.9. The van der Waals surface area contributed by atoms with Crippen molar-refractivity contribution in [2.45, 2.75) is 0 Å². The Kier molecular flexibility index (Phi) is 3.36. The van der Waals surface area contributed by atoms with Crippen LogP contribution in [-0.2, 0) is 0 Å². The third-order valence-corrected chi connectivity index (χ3v) is 2.55. The number of phenols is 1. The van der Waals surface area contributed by atoms with Gasteiger partial charge in [-0.1, -0.05) is 23.3 Å². The van der Waals surface area contributed by atoms with E-state index in [0.717, 1.165) is 16.9 Å². The number of hydrogen-bond acceptors (Lipinski definition) is 3. The van der Waals surface area contributed by atoms with Gasteiger partial charge in [0.15, 0.2) is 0 Å². The average Bonchev–Trinajstić information content (AvgIpc) is 2.42. The monoisotopic (exact) mass is 241 g/mol. The Bertz CT molecular complexity index is 602. The first-order valence-electron chi connectivity index (χ1n) is 5.27. The molecule has 0 saturated carbocycles. The molecule has 0 spiro atoms. The minimum absolute atomic E-state index is 0.0370. The van der Waals surface area contributed by atoms with E-state index in [4.69, 9.17) is 10.3 Å². The Balaban J connectivity index is 2.43. The molecule has 0 aliphatic carbocycles. The Hall–Kier alpha value is -2.65. The number of aromatic hydroxyl groups is 1. The second kappa shape index (κ2) is 5.12. The molecule has 5 heteroatoms. The molecule has 0 amide bonds. The molecule has 0 bridgehead atoms. The quantitative estimate of drug-likeness (QED) is 0.500. The van der Waals surface area contributed by atoms with Crippen molar-refractivity contribution in [1.29, 1.82) is 0 Å². The molecule has 0 aromatic heterocycles. The van der Waals surface area contributed by atoms with Crippen LogP contribution < -0.4 is 4.74 Å². The van der Waals surface area contributed by atoms with Crippen LogP contribution in [0.5, 0.6) is 11.5 Å². The number of nitrogens with zero attached hydrogens (tertiary/aromatic N) is 3. The molecule has 18 heavy (non-hydrogen) atoms.